The van der Waals surface area contributed by atoms with Crippen LogP contribution in [0.5, 0.6) is 0 Å². The third-order valence-corrected chi connectivity index (χ3v) is 3.42. The number of carboxylic acid groups (broad SMARTS) is 1. The number of para-hydroxylation sites is 1. The molecule has 0 aliphatic rings. The Labute approximate surface area is 113 Å². The summed E-state index contributed by atoms with van der Waals surface area (Å²) in [7, 11) is 0. The van der Waals surface area contributed by atoms with Gasteiger partial charge in [-0.1, -0.05) is 12.1 Å². The van der Waals surface area contributed by atoms with Crippen LogP contribution in [0, 0.1) is 0 Å². The van der Waals surface area contributed by atoms with E-state index in [2.05, 4.69) is 15.5 Å². The summed E-state index contributed by atoms with van der Waals surface area (Å²) >= 11 is 1.27. The molecule has 0 aliphatic heterocycles. The lowest BCUT2D eigenvalue weighted by Gasteiger charge is -2.05. The highest BCUT2D eigenvalue weighted by Gasteiger charge is 2.10. The molecule has 1 heterocycles. The molecule has 0 unspecified atom stereocenters. The number of fused-ring (bicyclic) bond motifs is 1. The van der Waals surface area contributed by atoms with Crippen molar-refractivity contribution in [1.29, 1.82) is 0 Å². The maximum absolute atomic E-state index is 12.0. The topological polar surface area (TPSA) is 95.1 Å². The van der Waals surface area contributed by atoms with E-state index in [0.29, 0.717) is 23.4 Å². The van der Waals surface area contributed by atoms with Crippen molar-refractivity contribution < 1.29 is 14.7 Å². The summed E-state index contributed by atoms with van der Waals surface area (Å²) in [6.45, 7) is 0.432. The molecule has 0 aliphatic carbocycles. The zero-order chi connectivity index (χ0) is 13.7. The minimum absolute atomic E-state index is 0.0476. The van der Waals surface area contributed by atoms with Crippen molar-refractivity contribution in [2.24, 2.45) is 0 Å². The molecule has 0 radical (unpaired) electrons. The van der Waals surface area contributed by atoms with E-state index >= 15 is 0 Å². The molecule has 0 bridgehead atoms. The molecule has 1 aromatic heterocycles. The van der Waals surface area contributed by atoms with Crippen LogP contribution in [0.15, 0.2) is 24.4 Å². The minimum Gasteiger partial charge on any atom is -0.481 e. The van der Waals surface area contributed by atoms with Crippen LogP contribution in [0.25, 0.3) is 10.9 Å². The third-order valence-electron chi connectivity index (χ3n) is 2.48. The average molecular weight is 279 g/mol. The lowest BCUT2D eigenvalue weighted by atomic mass is 10.1. The molecule has 1 aromatic carbocycles. The van der Waals surface area contributed by atoms with E-state index in [-0.39, 0.29) is 11.7 Å². The molecule has 1 amide bonds. The number of aliphatic carboxylic acids is 1. The Morgan fingerprint density at radius 3 is 3.05 bits per heavy atom. The van der Waals surface area contributed by atoms with Crippen LogP contribution in [0.4, 0.5) is 0 Å². The molecule has 0 saturated carbocycles. The predicted molar refractivity (Wildman–Crippen MR) is 73.4 cm³/mol. The largest absolute Gasteiger partial charge is 0.481 e. The number of nitrogens with zero attached hydrogens (tertiary/aromatic N) is 1. The van der Waals surface area contributed by atoms with Crippen LogP contribution in [-0.2, 0) is 4.79 Å². The number of aromatic amines is 1. The Hall–Kier alpha value is -2.02. The average Bonchev–Trinajstić information content (AvgIpc) is 2.85. The Morgan fingerprint density at radius 1 is 1.42 bits per heavy atom. The van der Waals surface area contributed by atoms with E-state index in [1.807, 2.05) is 6.07 Å². The number of nitrogens with one attached hydrogen (secondary N) is 2. The number of rotatable bonds is 6. The van der Waals surface area contributed by atoms with Gasteiger partial charge in [0.15, 0.2) is 0 Å². The summed E-state index contributed by atoms with van der Waals surface area (Å²) in [5, 5.41) is 18.8. The molecular weight excluding hydrogens is 266 g/mol. The number of hydrogen-bond donors (Lipinski definition) is 3. The quantitative estimate of drug-likeness (QED) is 0.688. The second-order valence-corrected chi connectivity index (χ2v) is 4.95. The van der Waals surface area contributed by atoms with Crippen molar-refractivity contribution in [2.45, 2.75) is 0 Å². The van der Waals surface area contributed by atoms with Crippen molar-refractivity contribution in [3.63, 3.8) is 0 Å². The fourth-order valence-corrected chi connectivity index (χ4v) is 2.21. The van der Waals surface area contributed by atoms with Crippen LogP contribution in [0.3, 0.4) is 0 Å². The molecule has 2 aromatic rings. The van der Waals surface area contributed by atoms with Gasteiger partial charge in [0.05, 0.1) is 23.0 Å². The maximum Gasteiger partial charge on any atom is 0.313 e. The smallest absolute Gasteiger partial charge is 0.313 e. The van der Waals surface area contributed by atoms with Crippen LogP contribution in [0.1, 0.15) is 10.4 Å². The highest BCUT2D eigenvalue weighted by molar-refractivity contribution is 7.99. The van der Waals surface area contributed by atoms with Crippen LogP contribution < -0.4 is 5.32 Å². The van der Waals surface area contributed by atoms with Gasteiger partial charge in [-0.15, -0.1) is 11.8 Å². The number of carbonyl (C=O) groups excluding carboxylic acids is 1. The zero-order valence-corrected chi connectivity index (χ0v) is 10.9. The molecule has 0 fully saturated rings. The van der Waals surface area contributed by atoms with Gasteiger partial charge in [-0.3, -0.25) is 14.7 Å². The first kappa shape index (κ1) is 13.4. The normalized spacial score (nSPS) is 10.5. The molecule has 6 nitrogen and oxygen atoms in total. The molecule has 100 valence electrons. The molecule has 0 atom stereocenters. The Bertz CT molecular complexity index is 597. The Balaban J connectivity index is 1.90. The van der Waals surface area contributed by atoms with Gasteiger partial charge in [0.25, 0.3) is 5.91 Å². The minimum atomic E-state index is -0.849. The number of aromatic nitrogens is 2. The summed E-state index contributed by atoms with van der Waals surface area (Å²) in [5.41, 5.74) is 1.25. The standard InChI is InChI=1S/C12H13N3O3S/c16-10(17)7-19-5-4-13-12(18)9-3-1-2-8-6-14-15-11(8)9/h1-3,6H,4-5,7H2,(H,13,18)(H,14,15)(H,16,17). The van der Waals surface area contributed by atoms with Gasteiger partial charge in [0.1, 0.15) is 0 Å². The van der Waals surface area contributed by atoms with Crippen molar-refractivity contribution in [2.75, 3.05) is 18.1 Å². The highest BCUT2D eigenvalue weighted by atomic mass is 32.2. The van der Waals surface area contributed by atoms with E-state index in [4.69, 9.17) is 5.11 Å². The lowest BCUT2D eigenvalue weighted by Crippen LogP contribution is -2.26. The summed E-state index contributed by atoms with van der Waals surface area (Å²) in [5.74, 6) is -0.424. The van der Waals surface area contributed by atoms with Gasteiger partial charge < -0.3 is 10.4 Å². The summed E-state index contributed by atoms with van der Waals surface area (Å²) in [6, 6.07) is 5.39. The number of hydrogen-bond acceptors (Lipinski definition) is 4. The number of H-pyrrole nitrogens is 1. The molecule has 2 rings (SSSR count). The number of benzene rings is 1. The number of carbonyl (C=O) groups is 2. The van der Waals surface area contributed by atoms with Gasteiger partial charge in [-0.25, -0.2) is 0 Å². The molecule has 3 N–H and O–H groups in total. The predicted octanol–water partition coefficient (Wildman–Crippen LogP) is 1.11. The Morgan fingerprint density at radius 2 is 2.26 bits per heavy atom. The van der Waals surface area contributed by atoms with Gasteiger partial charge in [-0.2, -0.15) is 5.10 Å². The Kier molecular flexibility index (Phi) is 4.40. The molecule has 0 saturated heterocycles. The summed E-state index contributed by atoms with van der Waals surface area (Å²) in [6.07, 6.45) is 1.66. The first-order valence-electron chi connectivity index (χ1n) is 5.68. The van der Waals surface area contributed by atoms with E-state index in [1.165, 1.54) is 11.8 Å². The van der Waals surface area contributed by atoms with Crippen LogP contribution in [0.2, 0.25) is 0 Å². The van der Waals surface area contributed by atoms with Gasteiger partial charge in [0.2, 0.25) is 0 Å². The van der Waals surface area contributed by atoms with E-state index in [9.17, 15) is 9.59 Å². The van der Waals surface area contributed by atoms with Gasteiger partial charge in [-0.05, 0) is 6.07 Å². The molecule has 19 heavy (non-hydrogen) atoms. The summed E-state index contributed by atoms with van der Waals surface area (Å²) in [4.78, 5) is 22.3. The van der Waals surface area contributed by atoms with Gasteiger partial charge >= 0.3 is 5.97 Å². The van der Waals surface area contributed by atoms with Crippen LogP contribution >= 0.6 is 11.8 Å². The fraction of sp³-hybridized carbons (Fsp3) is 0.250. The van der Waals surface area contributed by atoms with Crippen LogP contribution in [-0.4, -0.2) is 45.2 Å². The zero-order valence-electron chi connectivity index (χ0n) is 10.0. The first-order valence-corrected chi connectivity index (χ1v) is 6.84. The maximum atomic E-state index is 12.0. The van der Waals surface area contributed by atoms with Crippen molar-refractivity contribution in [3.8, 4) is 0 Å². The monoisotopic (exact) mass is 279 g/mol. The summed E-state index contributed by atoms with van der Waals surface area (Å²) < 4.78 is 0. The van der Waals surface area contributed by atoms with E-state index < -0.39 is 5.97 Å². The van der Waals surface area contributed by atoms with E-state index in [1.54, 1.807) is 18.3 Å². The van der Waals surface area contributed by atoms with Crippen molar-refractivity contribution in [1.82, 2.24) is 15.5 Å². The highest BCUT2D eigenvalue weighted by Crippen LogP contribution is 2.15. The fourth-order valence-electron chi connectivity index (χ4n) is 1.65. The number of amides is 1. The lowest BCUT2D eigenvalue weighted by molar-refractivity contribution is -0.133. The SMILES string of the molecule is O=C(O)CSCCNC(=O)c1cccc2cn[nH]c12. The molecule has 0 spiro atoms. The van der Waals surface area contributed by atoms with Gasteiger partial charge in [0, 0.05) is 17.7 Å². The molecule has 7 heteroatoms. The second-order valence-electron chi connectivity index (χ2n) is 3.84. The number of thioether (sulfide) groups is 1. The van der Waals surface area contributed by atoms with Crippen molar-refractivity contribution in [3.05, 3.63) is 30.0 Å². The first-order chi connectivity index (χ1) is 9.18. The molecular formula is C12H13N3O3S. The van der Waals surface area contributed by atoms with E-state index in [0.717, 1.165) is 5.39 Å². The van der Waals surface area contributed by atoms with Crippen molar-refractivity contribution >= 4 is 34.5 Å². The number of carboxylic acids is 1. The second kappa shape index (κ2) is 6.24. The third kappa shape index (κ3) is 3.47.